The molecule has 0 radical (unpaired) electrons. The first kappa shape index (κ1) is 13.8. The minimum Gasteiger partial charge on any atom is -0.274 e. The van der Waals surface area contributed by atoms with Crippen LogP contribution in [0, 0.1) is 5.92 Å². The van der Waals surface area contributed by atoms with Crippen molar-refractivity contribution in [3.8, 4) is 0 Å². The van der Waals surface area contributed by atoms with Gasteiger partial charge in [0.1, 0.15) is 0 Å². The summed E-state index contributed by atoms with van der Waals surface area (Å²) < 4.78 is 26.6. The lowest BCUT2D eigenvalue weighted by molar-refractivity contribution is -0.122. The fourth-order valence-corrected chi connectivity index (χ4v) is 3.52. The molecule has 0 aromatic heterocycles. The average molecular weight is 279 g/mol. The molecule has 4 nitrogen and oxygen atoms in total. The van der Waals surface area contributed by atoms with Crippen molar-refractivity contribution in [3.05, 3.63) is 42.0 Å². The van der Waals surface area contributed by atoms with Crippen LogP contribution >= 0.6 is 0 Å². The van der Waals surface area contributed by atoms with E-state index in [1.54, 1.807) is 18.2 Å². The van der Waals surface area contributed by atoms with Gasteiger partial charge in [0.05, 0.1) is 4.90 Å². The van der Waals surface area contributed by atoms with Gasteiger partial charge in [0.2, 0.25) is 5.91 Å². The number of rotatable bonds is 4. The van der Waals surface area contributed by atoms with Crippen LogP contribution in [0.3, 0.4) is 0 Å². The zero-order valence-corrected chi connectivity index (χ0v) is 11.6. The van der Waals surface area contributed by atoms with Crippen molar-refractivity contribution in [1.29, 1.82) is 0 Å². The van der Waals surface area contributed by atoms with E-state index < -0.39 is 15.9 Å². The van der Waals surface area contributed by atoms with Gasteiger partial charge in [0.15, 0.2) is 0 Å². The lowest BCUT2D eigenvalue weighted by Gasteiger charge is -2.13. The molecule has 0 unspecified atom stereocenters. The Morgan fingerprint density at radius 1 is 1.26 bits per heavy atom. The lowest BCUT2D eigenvalue weighted by Crippen LogP contribution is -2.35. The SMILES string of the molecule is CCc1ccccc1S(=O)(=O)NC(=O)C1CC=CC1. The highest BCUT2D eigenvalue weighted by Gasteiger charge is 2.25. The van der Waals surface area contributed by atoms with E-state index in [9.17, 15) is 13.2 Å². The van der Waals surface area contributed by atoms with Crippen LogP contribution in [0.2, 0.25) is 0 Å². The predicted octanol–water partition coefficient (Wildman–Crippen LogP) is 2.02. The number of carbonyl (C=O) groups is 1. The second-order valence-corrected chi connectivity index (χ2v) is 6.22. The molecule has 2 rings (SSSR count). The largest absolute Gasteiger partial charge is 0.274 e. The first-order chi connectivity index (χ1) is 9.04. The van der Waals surface area contributed by atoms with Crippen LogP contribution in [0.25, 0.3) is 0 Å². The topological polar surface area (TPSA) is 63.2 Å². The zero-order chi connectivity index (χ0) is 13.9. The van der Waals surface area contributed by atoms with E-state index >= 15 is 0 Å². The van der Waals surface area contributed by atoms with Crippen LogP contribution < -0.4 is 4.72 Å². The number of nitrogens with one attached hydrogen (secondary N) is 1. The summed E-state index contributed by atoms with van der Waals surface area (Å²) in [6.07, 6.45) is 5.62. The molecule has 5 heteroatoms. The molecule has 0 fully saturated rings. The summed E-state index contributed by atoms with van der Waals surface area (Å²) in [5, 5.41) is 0. The molecular formula is C14H17NO3S. The van der Waals surface area contributed by atoms with Crippen LogP contribution in [0.4, 0.5) is 0 Å². The summed E-state index contributed by atoms with van der Waals surface area (Å²) in [6, 6.07) is 6.74. The summed E-state index contributed by atoms with van der Waals surface area (Å²) in [4.78, 5) is 12.1. The lowest BCUT2D eigenvalue weighted by atomic mass is 10.1. The smallest absolute Gasteiger partial charge is 0.264 e. The zero-order valence-electron chi connectivity index (χ0n) is 10.8. The van der Waals surface area contributed by atoms with Gasteiger partial charge in [-0.25, -0.2) is 13.1 Å². The molecular weight excluding hydrogens is 262 g/mol. The van der Waals surface area contributed by atoms with Crippen molar-refractivity contribution in [3.63, 3.8) is 0 Å². The first-order valence-electron chi connectivity index (χ1n) is 6.34. The van der Waals surface area contributed by atoms with Gasteiger partial charge in [-0.3, -0.25) is 4.79 Å². The van der Waals surface area contributed by atoms with Gasteiger partial charge in [-0.05, 0) is 30.9 Å². The molecule has 19 heavy (non-hydrogen) atoms. The van der Waals surface area contributed by atoms with Gasteiger partial charge in [-0.1, -0.05) is 37.3 Å². The van der Waals surface area contributed by atoms with Gasteiger partial charge in [0, 0.05) is 5.92 Å². The summed E-state index contributed by atoms with van der Waals surface area (Å²) >= 11 is 0. The first-order valence-corrected chi connectivity index (χ1v) is 7.82. The van der Waals surface area contributed by atoms with Crippen molar-refractivity contribution < 1.29 is 13.2 Å². The number of hydrogen-bond acceptors (Lipinski definition) is 3. The number of allylic oxidation sites excluding steroid dienone is 2. The van der Waals surface area contributed by atoms with Crippen LogP contribution in [0.1, 0.15) is 25.3 Å². The second kappa shape index (κ2) is 5.57. The van der Waals surface area contributed by atoms with E-state index in [4.69, 9.17) is 0 Å². The molecule has 0 saturated carbocycles. The Hall–Kier alpha value is -1.62. The van der Waals surface area contributed by atoms with Crippen molar-refractivity contribution >= 4 is 15.9 Å². The molecule has 0 bridgehead atoms. The fourth-order valence-electron chi connectivity index (χ4n) is 2.16. The Morgan fingerprint density at radius 3 is 2.53 bits per heavy atom. The number of carbonyl (C=O) groups excluding carboxylic acids is 1. The van der Waals surface area contributed by atoms with Crippen LogP contribution in [0.15, 0.2) is 41.3 Å². The highest BCUT2D eigenvalue weighted by Crippen LogP contribution is 2.20. The van der Waals surface area contributed by atoms with Gasteiger partial charge < -0.3 is 0 Å². The molecule has 1 aliphatic carbocycles. The Balaban J connectivity index is 2.20. The van der Waals surface area contributed by atoms with E-state index in [0.717, 1.165) is 0 Å². The Bertz CT molecular complexity index is 597. The molecule has 1 N–H and O–H groups in total. The minimum atomic E-state index is -3.77. The number of benzene rings is 1. The van der Waals surface area contributed by atoms with Crippen molar-refractivity contribution in [2.24, 2.45) is 5.92 Å². The van der Waals surface area contributed by atoms with E-state index in [1.165, 1.54) is 6.07 Å². The molecule has 1 aromatic rings. The highest BCUT2D eigenvalue weighted by atomic mass is 32.2. The van der Waals surface area contributed by atoms with Crippen molar-refractivity contribution in [2.75, 3.05) is 0 Å². The molecule has 0 atom stereocenters. The standard InChI is InChI=1S/C14H17NO3S/c1-2-11-7-5-6-10-13(11)19(17,18)15-14(16)12-8-3-4-9-12/h3-7,10,12H,2,8-9H2,1H3,(H,15,16). The summed E-state index contributed by atoms with van der Waals surface area (Å²) in [5.41, 5.74) is 0.715. The molecule has 102 valence electrons. The Kier molecular flexibility index (Phi) is 4.04. The predicted molar refractivity (Wildman–Crippen MR) is 73.0 cm³/mol. The van der Waals surface area contributed by atoms with Crippen LogP contribution in [-0.4, -0.2) is 14.3 Å². The summed E-state index contributed by atoms with van der Waals surface area (Å²) in [6.45, 7) is 1.89. The van der Waals surface area contributed by atoms with E-state index in [-0.39, 0.29) is 10.8 Å². The molecule has 0 aliphatic heterocycles. The van der Waals surface area contributed by atoms with Gasteiger partial charge in [-0.15, -0.1) is 0 Å². The quantitative estimate of drug-likeness (QED) is 0.858. The van der Waals surface area contributed by atoms with Gasteiger partial charge in [0.25, 0.3) is 10.0 Å². The molecule has 0 spiro atoms. The monoisotopic (exact) mass is 279 g/mol. The number of hydrogen-bond donors (Lipinski definition) is 1. The summed E-state index contributed by atoms with van der Waals surface area (Å²) in [5.74, 6) is -0.681. The summed E-state index contributed by atoms with van der Waals surface area (Å²) in [7, 11) is -3.77. The third-order valence-electron chi connectivity index (χ3n) is 3.26. The number of sulfonamides is 1. The number of aryl methyl sites for hydroxylation is 1. The van der Waals surface area contributed by atoms with Crippen LogP contribution in [-0.2, 0) is 21.2 Å². The maximum absolute atomic E-state index is 12.2. The van der Waals surface area contributed by atoms with Crippen molar-refractivity contribution in [2.45, 2.75) is 31.1 Å². The van der Waals surface area contributed by atoms with Gasteiger partial charge >= 0.3 is 0 Å². The van der Waals surface area contributed by atoms with Gasteiger partial charge in [-0.2, -0.15) is 0 Å². The Labute approximate surface area is 113 Å². The maximum atomic E-state index is 12.2. The second-order valence-electron chi connectivity index (χ2n) is 4.57. The minimum absolute atomic E-state index is 0.191. The molecule has 0 heterocycles. The van der Waals surface area contributed by atoms with Crippen LogP contribution in [0.5, 0.6) is 0 Å². The average Bonchev–Trinajstić information content (AvgIpc) is 2.92. The molecule has 1 aromatic carbocycles. The highest BCUT2D eigenvalue weighted by molar-refractivity contribution is 7.90. The molecule has 1 aliphatic rings. The molecule has 1 amide bonds. The number of amides is 1. The van der Waals surface area contributed by atoms with E-state index in [0.29, 0.717) is 24.8 Å². The normalized spacial score (nSPS) is 15.6. The van der Waals surface area contributed by atoms with Crippen molar-refractivity contribution in [1.82, 2.24) is 4.72 Å². The molecule has 0 saturated heterocycles. The Morgan fingerprint density at radius 2 is 1.89 bits per heavy atom. The third-order valence-corrected chi connectivity index (χ3v) is 4.70. The third kappa shape index (κ3) is 3.04. The fraction of sp³-hybridized carbons (Fsp3) is 0.357. The maximum Gasteiger partial charge on any atom is 0.264 e. The van der Waals surface area contributed by atoms with E-state index in [2.05, 4.69) is 4.72 Å². The van der Waals surface area contributed by atoms with E-state index in [1.807, 2.05) is 19.1 Å².